The van der Waals surface area contributed by atoms with Crippen LogP contribution in [0.15, 0.2) is 117 Å². The minimum Gasteiger partial charge on any atom is -0.458 e. The van der Waals surface area contributed by atoms with Gasteiger partial charge in [0.15, 0.2) is 0 Å². The number of ether oxygens (including phenoxy) is 1. The average Bonchev–Trinajstić information content (AvgIpc) is 2.87. The molecule has 0 bridgehead atoms. The van der Waals surface area contributed by atoms with Gasteiger partial charge in [-0.3, -0.25) is 0 Å². The first kappa shape index (κ1) is 35.1. The Hall–Kier alpha value is -3.13. The molecule has 2 heteroatoms. The van der Waals surface area contributed by atoms with Crippen molar-refractivity contribution in [3.05, 3.63) is 117 Å². The molecule has 0 spiro atoms. The van der Waals surface area contributed by atoms with Gasteiger partial charge in [0, 0.05) is 6.08 Å². The first-order valence-corrected chi connectivity index (χ1v) is 15.7. The standard InChI is InChI=1S/C40H56O2/c1-30(21-23-36-34(5)19-13-26-39(36,7)8)15-11-17-32(3)25-28-42-38(41)29-33(4)18-12-16-31(2)22-24-37-35(6)20-14-27-40(37,9)10/h11-12,15-18,21-25,29H,13-14,19-20,26-28H2,1-10H3/b17-11?,18-12?,23-21?,24-22?,30-15?,31-16?,32-25+,33-29?. The van der Waals surface area contributed by atoms with Gasteiger partial charge in [0.25, 0.3) is 0 Å². The third-order valence-electron chi connectivity index (χ3n) is 8.52. The number of carbonyl (C=O) groups excluding carboxylic acids is 1. The van der Waals surface area contributed by atoms with E-state index in [0.29, 0.717) is 0 Å². The molecule has 0 N–H and O–H groups in total. The fraction of sp³-hybridized carbons (Fsp3) is 0.475. The quantitative estimate of drug-likeness (QED) is 0.141. The lowest BCUT2D eigenvalue weighted by molar-refractivity contribution is -0.136. The maximum absolute atomic E-state index is 12.2. The summed E-state index contributed by atoms with van der Waals surface area (Å²) in [6.07, 6.45) is 32.1. The van der Waals surface area contributed by atoms with Crippen LogP contribution >= 0.6 is 0 Å². The lowest BCUT2D eigenvalue weighted by Gasteiger charge is -2.33. The maximum atomic E-state index is 12.2. The third kappa shape index (κ3) is 12.0. The van der Waals surface area contributed by atoms with Gasteiger partial charge in [0.1, 0.15) is 6.61 Å². The van der Waals surface area contributed by atoms with Crippen LogP contribution in [0.25, 0.3) is 0 Å². The SMILES string of the molecule is CC(C=CC1=C(C)CCCC1(C)C)=CC=CC(C)=CC(=O)OC/C=C(\C)C=CC=C(C)C=CC1=C(C)CCCC1(C)C. The van der Waals surface area contributed by atoms with E-state index < -0.39 is 0 Å². The molecule has 2 aliphatic carbocycles. The fourth-order valence-corrected chi connectivity index (χ4v) is 5.86. The van der Waals surface area contributed by atoms with Crippen molar-refractivity contribution in [1.82, 2.24) is 0 Å². The summed E-state index contributed by atoms with van der Waals surface area (Å²) in [6.45, 7) is 22.3. The van der Waals surface area contributed by atoms with E-state index in [1.807, 2.05) is 44.2 Å². The van der Waals surface area contributed by atoms with E-state index in [4.69, 9.17) is 4.74 Å². The van der Waals surface area contributed by atoms with Crippen molar-refractivity contribution < 1.29 is 9.53 Å². The molecule has 0 aromatic carbocycles. The lowest BCUT2D eigenvalue weighted by Crippen LogP contribution is -2.19. The minimum absolute atomic E-state index is 0.246. The second-order valence-corrected chi connectivity index (χ2v) is 13.5. The molecule has 0 aromatic heterocycles. The molecule has 0 aromatic rings. The Morgan fingerprint density at radius 1 is 0.690 bits per heavy atom. The van der Waals surface area contributed by atoms with Gasteiger partial charge in [-0.25, -0.2) is 4.79 Å². The number of hydrogen-bond acceptors (Lipinski definition) is 2. The van der Waals surface area contributed by atoms with Gasteiger partial charge in [-0.15, -0.1) is 0 Å². The van der Waals surface area contributed by atoms with Crippen LogP contribution in [-0.2, 0) is 9.53 Å². The van der Waals surface area contributed by atoms with Gasteiger partial charge in [-0.1, -0.05) is 116 Å². The predicted molar refractivity (Wildman–Crippen MR) is 183 cm³/mol. The minimum atomic E-state index is -0.330. The Bertz CT molecular complexity index is 1270. The molecular formula is C40H56O2. The second kappa shape index (κ2) is 16.5. The average molecular weight is 569 g/mol. The number of rotatable bonds is 11. The Morgan fingerprint density at radius 3 is 1.60 bits per heavy atom. The summed E-state index contributed by atoms with van der Waals surface area (Å²) in [6, 6.07) is 0. The van der Waals surface area contributed by atoms with Crippen molar-refractivity contribution in [1.29, 1.82) is 0 Å². The zero-order valence-corrected chi connectivity index (χ0v) is 28.2. The Labute approximate surface area is 257 Å². The smallest absolute Gasteiger partial charge is 0.331 e. The lowest BCUT2D eigenvalue weighted by atomic mass is 9.72. The monoisotopic (exact) mass is 568 g/mol. The molecule has 0 atom stereocenters. The van der Waals surface area contributed by atoms with Gasteiger partial charge < -0.3 is 4.74 Å². The van der Waals surface area contributed by atoms with Gasteiger partial charge in [-0.05, 0) is 114 Å². The van der Waals surface area contributed by atoms with Gasteiger partial charge in [-0.2, -0.15) is 0 Å². The van der Waals surface area contributed by atoms with E-state index in [1.165, 1.54) is 78.0 Å². The maximum Gasteiger partial charge on any atom is 0.331 e. The van der Waals surface area contributed by atoms with Gasteiger partial charge in [0.2, 0.25) is 0 Å². The van der Waals surface area contributed by atoms with Gasteiger partial charge >= 0.3 is 5.97 Å². The van der Waals surface area contributed by atoms with Crippen LogP contribution in [0.1, 0.15) is 108 Å². The molecule has 2 aliphatic rings. The molecule has 0 saturated heterocycles. The normalized spacial score (nSPS) is 21.1. The Kier molecular flexibility index (Phi) is 13.8. The summed E-state index contributed by atoms with van der Waals surface area (Å²) in [5.74, 6) is -0.330. The number of esters is 1. The summed E-state index contributed by atoms with van der Waals surface area (Å²) >= 11 is 0. The molecule has 2 rings (SSSR count). The summed E-state index contributed by atoms with van der Waals surface area (Å²) < 4.78 is 5.39. The highest BCUT2D eigenvalue weighted by molar-refractivity contribution is 5.83. The summed E-state index contributed by atoms with van der Waals surface area (Å²) in [5.41, 5.74) is 10.8. The van der Waals surface area contributed by atoms with Crippen molar-refractivity contribution in [2.24, 2.45) is 10.8 Å². The van der Waals surface area contributed by atoms with Crippen LogP contribution in [0.3, 0.4) is 0 Å². The van der Waals surface area contributed by atoms with E-state index in [0.717, 1.165) is 11.1 Å². The first-order valence-electron chi connectivity index (χ1n) is 15.7. The fourth-order valence-electron chi connectivity index (χ4n) is 5.86. The molecule has 0 aliphatic heterocycles. The molecule has 0 heterocycles. The number of hydrogen-bond donors (Lipinski definition) is 0. The van der Waals surface area contributed by atoms with Crippen LogP contribution in [0.5, 0.6) is 0 Å². The van der Waals surface area contributed by atoms with Crippen LogP contribution in [0.4, 0.5) is 0 Å². The summed E-state index contributed by atoms with van der Waals surface area (Å²) in [7, 11) is 0. The van der Waals surface area contributed by atoms with Crippen molar-refractivity contribution in [3.63, 3.8) is 0 Å². The van der Waals surface area contributed by atoms with Crippen molar-refractivity contribution >= 4 is 5.97 Å². The second-order valence-electron chi connectivity index (χ2n) is 13.5. The van der Waals surface area contributed by atoms with Gasteiger partial charge in [0.05, 0.1) is 0 Å². The van der Waals surface area contributed by atoms with Crippen LogP contribution in [0.2, 0.25) is 0 Å². The zero-order valence-electron chi connectivity index (χ0n) is 28.2. The molecule has 0 amide bonds. The third-order valence-corrected chi connectivity index (χ3v) is 8.52. The van der Waals surface area contributed by atoms with Crippen molar-refractivity contribution in [2.45, 2.75) is 108 Å². The highest BCUT2D eigenvalue weighted by Gasteiger charge is 2.27. The molecule has 0 saturated carbocycles. The van der Waals surface area contributed by atoms with Crippen LogP contribution in [0, 0.1) is 10.8 Å². The van der Waals surface area contributed by atoms with Crippen LogP contribution in [-0.4, -0.2) is 12.6 Å². The van der Waals surface area contributed by atoms with E-state index in [9.17, 15) is 4.79 Å². The predicted octanol–water partition coefficient (Wildman–Crippen LogP) is 11.6. The molecular weight excluding hydrogens is 512 g/mol. The Morgan fingerprint density at radius 2 is 1.14 bits per heavy atom. The topological polar surface area (TPSA) is 26.3 Å². The highest BCUT2D eigenvalue weighted by Crippen LogP contribution is 2.41. The van der Waals surface area contributed by atoms with E-state index >= 15 is 0 Å². The zero-order chi connectivity index (χ0) is 31.3. The molecule has 228 valence electrons. The molecule has 0 fully saturated rings. The molecule has 0 unspecified atom stereocenters. The highest BCUT2D eigenvalue weighted by atomic mass is 16.5. The van der Waals surface area contributed by atoms with E-state index in [2.05, 4.69) is 91.8 Å². The van der Waals surface area contributed by atoms with Crippen LogP contribution < -0.4 is 0 Å². The molecule has 0 radical (unpaired) electrons. The molecule has 2 nitrogen and oxygen atoms in total. The Balaban J connectivity index is 1.83. The first-order chi connectivity index (χ1) is 19.7. The summed E-state index contributed by atoms with van der Waals surface area (Å²) in [4.78, 5) is 12.2. The summed E-state index contributed by atoms with van der Waals surface area (Å²) in [5, 5.41) is 0. The van der Waals surface area contributed by atoms with Crippen molar-refractivity contribution in [2.75, 3.05) is 6.61 Å². The van der Waals surface area contributed by atoms with E-state index in [1.54, 1.807) is 0 Å². The largest absolute Gasteiger partial charge is 0.458 e. The number of allylic oxidation sites excluding steroid dienone is 18. The molecule has 42 heavy (non-hydrogen) atoms. The van der Waals surface area contributed by atoms with Crippen molar-refractivity contribution in [3.8, 4) is 0 Å². The number of carbonyl (C=O) groups is 1. The van der Waals surface area contributed by atoms with E-state index in [-0.39, 0.29) is 23.4 Å².